The van der Waals surface area contributed by atoms with E-state index in [1.807, 2.05) is 44.2 Å². The molecule has 0 bridgehead atoms. The number of hydrogen-bond donors (Lipinski definition) is 2. The van der Waals surface area contributed by atoms with Crippen LogP contribution in [0.3, 0.4) is 0 Å². The van der Waals surface area contributed by atoms with E-state index in [1.165, 1.54) is 5.56 Å². The first-order valence-electron chi connectivity index (χ1n) is 6.06. The molecule has 0 amide bonds. The second-order valence-corrected chi connectivity index (χ2v) is 4.21. The van der Waals surface area contributed by atoms with E-state index in [9.17, 15) is 0 Å². The molecule has 0 aromatic heterocycles. The summed E-state index contributed by atoms with van der Waals surface area (Å²) in [4.78, 5) is 0. The third-order valence-electron chi connectivity index (χ3n) is 2.13. The van der Waals surface area contributed by atoms with Crippen molar-refractivity contribution in [1.82, 2.24) is 0 Å². The lowest BCUT2D eigenvalue weighted by atomic mass is 10.2. The molecule has 1 aromatic carbocycles. The number of nitrogens with two attached hydrogens (primary N) is 2. The molecule has 1 aromatic rings. The first-order valence-corrected chi connectivity index (χ1v) is 6.06. The molecule has 0 heterocycles. The second-order valence-electron chi connectivity index (χ2n) is 4.21. The molecule has 0 atom stereocenters. The maximum Gasteiger partial charge on any atom is 0.0314 e. The highest BCUT2D eigenvalue weighted by atomic mass is 14.5. The van der Waals surface area contributed by atoms with Crippen molar-refractivity contribution in [2.24, 2.45) is 5.73 Å². The maximum absolute atomic E-state index is 5.48. The van der Waals surface area contributed by atoms with Gasteiger partial charge in [-0.3, -0.25) is 0 Å². The first kappa shape index (κ1) is 16.0. The summed E-state index contributed by atoms with van der Waals surface area (Å²) in [5.41, 5.74) is 14.9. The van der Waals surface area contributed by atoms with Gasteiger partial charge >= 0.3 is 0 Å². The van der Waals surface area contributed by atoms with Crippen LogP contribution in [0.5, 0.6) is 0 Å². The minimum Gasteiger partial charge on any atom is -0.402 e. The van der Waals surface area contributed by atoms with Gasteiger partial charge in [-0.15, -0.1) is 0 Å². The molecule has 0 radical (unpaired) electrons. The van der Waals surface area contributed by atoms with Gasteiger partial charge < -0.3 is 11.5 Å². The minimum absolute atomic E-state index is 0.813. The number of aryl methyl sites for hydroxylation is 1. The Morgan fingerprint density at radius 1 is 1.22 bits per heavy atom. The third-order valence-corrected chi connectivity index (χ3v) is 2.13. The van der Waals surface area contributed by atoms with E-state index in [2.05, 4.69) is 25.6 Å². The number of allylic oxidation sites excluding steroid dienone is 5. The summed E-state index contributed by atoms with van der Waals surface area (Å²) in [5, 5.41) is 0. The molecular weight excluding hydrogens is 220 g/mol. The summed E-state index contributed by atoms with van der Waals surface area (Å²) in [6, 6.07) is 7.96. The smallest absolute Gasteiger partial charge is 0.0314 e. The Bertz CT molecular complexity index is 407. The Kier molecular flexibility index (Phi) is 8.12. The zero-order chi connectivity index (χ0) is 14.0. The van der Waals surface area contributed by atoms with Crippen LogP contribution in [0.4, 0.5) is 5.69 Å². The van der Waals surface area contributed by atoms with Crippen LogP contribution in [0.2, 0.25) is 0 Å². The van der Waals surface area contributed by atoms with Gasteiger partial charge in [-0.05, 0) is 44.0 Å². The molecule has 0 aliphatic heterocycles. The molecule has 0 aliphatic rings. The molecular formula is C16H24N2. The number of hydrogen-bond acceptors (Lipinski definition) is 2. The van der Waals surface area contributed by atoms with E-state index >= 15 is 0 Å². The van der Waals surface area contributed by atoms with Gasteiger partial charge in [-0.2, -0.15) is 0 Å². The lowest BCUT2D eigenvalue weighted by Crippen LogP contribution is -1.87. The van der Waals surface area contributed by atoms with E-state index in [1.54, 1.807) is 0 Å². The van der Waals surface area contributed by atoms with Crippen LogP contribution in [0.25, 0.3) is 0 Å². The fourth-order valence-electron chi connectivity index (χ4n) is 1.12. The van der Waals surface area contributed by atoms with Crippen molar-refractivity contribution in [2.45, 2.75) is 27.2 Å². The Hall–Kier alpha value is -1.96. The van der Waals surface area contributed by atoms with Crippen LogP contribution in [0, 0.1) is 0 Å². The summed E-state index contributed by atoms with van der Waals surface area (Å²) in [5.74, 6) is 0. The predicted octanol–water partition coefficient (Wildman–Crippen LogP) is 3.81. The normalized spacial score (nSPS) is 10.9. The van der Waals surface area contributed by atoms with Crippen molar-refractivity contribution in [1.29, 1.82) is 0 Å². The summed E-state index contributed by atoms with van der Waals surface area (Å²) >= 11 is 0. The topological polar surface area (TPSA) is 52.0 Å². The van der Waals surface area contributed by atoms with Gasteiger partial charge in [0.15, 0.2) is 0 Å². The van der Waals surface area contributed by atoms with Crippen LogP contribution < -0.4 is 11.5 Å². The van der Waals surface area contributed by atoms with Gasteiger partial charge in [0.2, 0.25) is 0 Å². The standard InChI is InChI=1S/C8H11N.C8H13N/c1-2-7-3-5-8(9)6-4-7;1-7(2)5-4-6-8(3)9/h3-6H,2,9H2,1H3;4-6H,1,9H2,2-3H3/b;5-4-,8-6+. The summed E-state index contributed by atoms with van der Waals surface area (Å²) < 4.78 is 0. The van der Waals surface area contributed by atoms with Gasteiger partial charge in [0.1, 0.15) is 0 Å². The van der Waals surface area contributed by atoms with Crippen molar-refractivity contribution < 1.29 is 0 Å². The molecule has 0 saturated heterocycles. The molecule has 1 rings (SSSR count). The number of anilines is 1. The third kappa shape index (κ3) is 9.28. The lowest BCUT2D eigenvalue weighted by Gasteiger charge is -1.94. The van der Waals surface area contributed by atoms with E-state index in [-0.39, 0.29) is 0 Å². The van der Waals surface area contributed by atoms with E-state index < -0.39 is 0 Å². The van der Waals surface area contributed by atoms with Crippen LogP contribution in [0.1, 0.15) is 26.3 Å². The quantitative estimate of drug-likeness (QED) is 0.627. The van der Waals surface area contributed by atoms with Gasteiger partial charge in [-0.1, -0.05) is 43.4 Å². The predicted molar refractivity (Wildman–Crippen MR) is 82.1 cm³/mol. The Morgan fingerprint density at radius 2 is 1.78 bits per heavy atom. The van der Waals surface area contributed by atoms with Crippen LogP contribution in [-0.2, 0) is 6.42 Å². The molecule has 0 saturated carbocycles. The lowest BCUT2D eigenvalue weighted by molar-refractivity contribution is 1.14. The van der Waals surface area contributed by atoms with E-state index in [0.29, 0.717) is 0 Å². The van der Waals surface area contributed by atoms with Gasteiger partial charge in [0, 0.05) is 11.4 Å². The highest BCUT2D eigenvalue weighted by Gasteiger charge is 1.85. The van der Waals surface area contributed by atoms with Crippen LogP contribution in [-0.4, -0.2) is 0 Å². The van der Waals surface area contributed by atoms with Crippen molar-refractivity contribution in [2.75, 3.05) is 5.73 Å². The minimum atomic E-state index is 0.813. The Labute approximate surface area is 111 Å². The largest absolute Gasteiger partial charge is 0.402 e. The first-order chi connectivity index (χ1) is 8.45. The van der Waals surface area contributed by atoms with Gasteiger partial charge in [-0.25, -0.2) is 0 Å². The SMILES string of the molecule is C=C(C)/C=C\C=C(/C)N.CCc1ccc(N)cc1. The van der Waals surface area contributed by atoms with Gasteiger partial charge in [0.05, 0.1) is 0 Å². The van der Waals surface area contributed by atoms with Crippen molar-refractivity contribution >= 4 is 5.69 Å². The molecule has 4 N–H and O–H groups in total. The zero-order valence-electron chi connectivity index (χ0n) is 11.6. The fraction of sp³-hybridized carbons (Fsp3) is 0.250. The molecule has 0 aliphatic carbocycles. The molecule has 18 heavy (non-hydrogen) atoms. The highest BCUT2D eigenvalue weighted by molar-refractivity contribution is 5.39. The molecule has 0 spiro atoms. The summed E-state index contributed by atoms with van der Waals surface area (Å²) in [6.45, 7) is 9.62. The molecule has 2 heteroatoms. The van der Waals surface area contributed by atoms with Crippen LogP contribution >= 0.6 is 0 Å². The molecule has 0 fully saturated rings. The zero-order valence-corrected chi connectivity index (χ0v) is 11.6. The Balaban J connectivity index is 0.000000321. The highest BCUT2D eigenvalue weighted by Crippen LogP contribution is 2.04. The van der Waals surface area contributed by atoms with Crippen molar-refractivity contribution in [3.05, 3.63) is 65.9 Å². The van der Waals surface area contributed by atoms with Gasteiger partial charge in [0.25, 0.3) is 0 Å². The summed E-state index contributed by atoms with van der Waals surface area (Å²) in [6.07, 6.45) is 6.73. The van der Waals surface area contributed by atoms with E-state index in [0.717, 1.165) is 23.4 Å². The molecule has 2 nitrogen and oxygen atoms in total. The average Bonchev–Trinajstić information content (AvgIpc) is 2.30. The average molecular weight is 244 g/mol. The number of nitrogen functional groups attached to an aromatic ring is 1. The van der Waals surface area contributed by atoms with Crippen LogP contribution in [0.15, 0.2) is 60.3 Å². The van der Waals surface area contributed by atoms with E-state index in [4.69, 9.17) is 11.5 Å². The molecule has 0 unspecified atom stereocenters. The number of rotatable bonds is 3. The summed E-state index contributed by atoms with van der Waals surface area (Å²) in [7, 11) is 0. The monoisotopic (exact) mass is 244 g/mol. The fourth-order valence-corrected chi connectivity index (χ4v) is 1.12. The second kappa shape index (κ2) is 9.11. The molecule has 98 valence electrons. The van der Waals surface area contributed by atoms with Crippen molar-refractivity contribution in [3.63, 3.8) is 0 Å². The number of benzene rings is 1. The maximum atomic E-state index is 5.48. The van der Waals surface area contributed by atoms with Crippen molar-refractivity contribution in [3.8, 4) is 0 Å². The Morgan fingerprint density at radius 3 is 2.17 bits per heavy atom.